The van der Waals surface area contributed by atoms with Gasteiger partial charge in [0.2, 0.25) is 0 Å². The molecule has 0 unspecified atom stereocenters. The molecule has 0 atom stereocenters. The fourth-order valence-corrected chi connectivity index (χ4v) is 1.48. The van der Waals surface area contributed by atoms with E-state index in [0.717, 1.165) is 7.05 Å². The Morgan fingerprint density at radius 1 is 1.44 bits per heavy atom. The van der Waals surface area contributed by atoms with E-state index in [4.69, 9.17) is 0 Å². The number of hydrogen-bond acceptors (Lipinski definition) is 3. The van der Waals surface area contributed by atoms with Crippen LogP contribution in [0.3, 0.4) is 0 Å². The number of anilines is 1. The van der Waals surface area contributed by atoms with Crippen LogP contribution in [-0.2, 0) is 0 Å². The molecule has 0 saturated heterocycles. The van der Waals surface area contributed by atoms with Crippen LogP contribution in [0.2, 0.25) is 0 Å². The molecule has 1 heterocycles. The molecule has 1 aromatic rings. The van der Waals surface area contributed by atoms with Gasteiger partial charge in [0, 0.05) is 25.4 Å². The van der Waals surface area contributed by atoms with Gasteiger partial charge in [-0.1, -0.05) is 0 Å². The van der Waals surface area contributed by atoms with Crippen molar-refractivity contribution in [3.63, 3.8) is 0 Å². The van der Waals surface area contributed by atoms with Crippen LogP contribution in [0.25, 0.3) is 0 Å². The second-order valence-electron chi connectivity index (χ2n) is 3.91. The number of carbonyl (C=O) groups excluding carboxylic acids is 1. The third kappa shape index (κ3) is 3.90. The van der Waals surface area contributed by atoms with Crippen LogP contribution in [-0.4, -0.2) is 42.6 Å². The van der Waals surface area contributed by atoms with Gasteiger partial charge in [0.15, 0.2) is 0 Å². The van der Waals surface area contributed by atoms with Gasteiger partial charge < -0.3 is 10.2 Å². The van der Waals surface area contributed by atoms with Crippen molar-refractivity contribution in [2.75, 3.05) is 26.0 Å². The van der Waals surface area contributed by atoms with Crippen LogP contribution in [0.1, 0.15) is 16.1 Å². The van der Waals surface area contributed by atoms with Crippen molar-refractivity contribution < 1.29 is 18.0 Å². The largest absolute Gasteiger partial charge is 0.406 e. The third-order valence-corrected chi connectivity index (χ3v) is 2.22. The summed E-state index contributed by atoms with van der Waals surface area (Å²) in [4.78, 5) is 16.5. The first-order valence-electron chi connectivity index (χ1n) is 5.21. The first-order chi connectivity index (χ1) is 8.23. The van der Waals surface area contributed by atoms with Crippen molar-refractivity contribution in [3.05, 3.63) is 23.4 Å². The van der Waals surface area contributed by atoms with E-state index in [1.54, 1.807) is 14.0 Å². The minimum absolute atomic E-state index is 0.179. The van der Waals surface area contributed by atoms with Crippen molar-refractivity contribution in [2.45, 2.75) is 13.1 Å². The van der Waals surface area contributed by atoms with Crippen LogP contribution in [0, 0.1) is 6.92 Å². The average Bonchev–Trinajstić information content (AvgIpc) is 2.24. The maximum Gasteiger partial charge on any atom is 0.406 e. The Bertz CT molecular complexity index is 446. The number of aryl methyl sites for hydroxylation is 1. The standard InChI is InChI=1S/C11H14F3N3O/c1-7-4-8(5-9(15-2)16-7)10(18)17(3)6-11(12,13)14/h4-5H,6H2,1-3H3,(H,15,16). The first kappa shape index (κ1) is 14.3. The Labute approximate surface area is 103 Å². The van der Waals surface area contributed by atoms with Gasteiger partial charge in [0.25, 0.3) is 5.91 Å². The average molecular weight is 261 g/mol. The Morgan fingerprint density at radius 2 is 2.06 bits per heavy atom. The minimum atomic E-state index is -4.40. The molecule has 0 aliphatic heterocycles. The molecule has 0 saturated carbocycles. The molecule has 0 aromatic carbocycles. The summed E-state index contributed by atoms with van der Waals surface area (Å²) in [6.45, 7) is 0.392. The summed E-state index contributed by atoms with van der Waals surface area (Å²) in [7, 11) is 2.74. The number of halogens is 3. The molecule has 1 amide bonds. The van der Waals surface area contributed by atoms with E-state index in [1.807, 2.05) is 0 Å². The van der Waals surface area contributed by atoms with E-state index in [2.05, 4.69) is 10.3 Å². The van der Waals surface area contributed by atoms with Gasteiger partial charge in [-0.05, 0) is 19.1 Å². The zero-order valence-electron chi connectivity index (χ0n) is 10.3. The molecule has 4 nitrogen and oxygen atoms in total. The number of aromatic nitrogens is 1. The summed E-state index contributed by atoms with van der Waals surface area (Å²) >= 11 is 0. The summed E-state index contributed by atoms with van der Waals surface area (Å²) in [6, 6.07) is 2.87. The van der Waals surface area contributed by atoms with Crippen molar-refractivity contribution in [1.29, 1.82) is 0 Å². The second kappa shape index (κ2) is 5.24. The molecular formula is C11H14F3N3O. The number of alkyl halides is 3. The van der Waals surface area contributed by atoms with Crippen molar-refractivity contribution in [3.8, 4) is 0 Å². The van der Waals surface area contributed by atoms with E-state index in [0.29, 0.717) is 16.4 Å². The number of pyridine rings is 1. The molecule has 1 rings (SSSR count). The Hall–Kier alpha value is -1.79. The van der Waals surface area contributed by atoms with Crippen LogP contribution in [0.5, 0.6) is 0 Å². The summed E-state index contributed by atoms with van der Waals surface area (Å²) in [5.41, 5.74) is 0.740. The van der Waals surface area contributed by atoms with Gasteiger partial charge in [0.1, 0.15) is 12.4 Å². The molecule has 1 aromatic heterocycles. The van der Waals surface area contributed by atoms with Crippen molar-refractivity contribution in [2.24, 2.45) is 0 Å². The SMILES string of the molecule is CNc1cc(C(=O)N(C)CC(F)(F)F)cc(C)n1. The molecule has 0 fully saturated rings. The van der Waals surface area contributed by atoms with E-state index in [-0.39, 0.29) is 5.56 Å². The van der Waals surface area contributed by atoms with Crippen LogP contribution in [0.15, 0.2) is 12.1 Å². The summed E-state index contributed by atoms with van der Waals surface area (Å²) < 4.78 is 36.6. The van der Waals surface area contributed by atoms with E-state index in [9.17, 15) is 18.0 Å². The highest BCUT2D eigenvalue weighted by Crippen LogP contribution is 2.18. The fourth-order valence-electron chi connectivity index (χ4n) is 1.48. The second-order valence-corrected chi connectivity index (χ2v) is 3.91. The minimum Gasteiger partial charge on any atom is -0.373 e. The number of nitrogens with zero attached hydrogens (tertiary/aromatic N) is 2. The maximum atomic E-state index is 12.2. The van der Waals surface area contributed by atoms with Gasteiger partial charge in [-0.25, -0.2) is 4.98 Å². The first-order valence-corrected chi connectivity index (χ1v) is 5.21. The molecule has 0 bridgehead atoms. The van der Waals surface area contributed by atoms with Crippen LogP contribution < -0.4 is 5.32 Å². The Morgan fingerprint density at radius 3 is 2.56 bits per heavy atom. The molecule has 100 valence electrons. The fraction of sp³-hybridized carbons (Fsp3) is 0.455. The van der Waals surface area contributed by atoms with Gasteiger partial charge >= 0.3 is 6.18 Å². The zero-order valence-corrected chi connectivity index (χ0v) is 10.3. The van der Waals surface area contributed by atoms with Crippen LogP contribution >= 0.6 is 0 Å². The quantitative estimate of drug-likeness (QED) is 0.906. The Kier molecular flexibility index (Phi) is 4.15. The van der Waals surface area contributed by atoms with E-state index in [1.165, 1.54) is 12.1 Å². The lowest BCUT2D eigenvalue weighted by Gasteiger charge is -2.19. The lowest BCUT2D eigenvalue weighted by Crippen LogP contribution is -2.35. The summed E-state index contributed by atoms with van der Waals surface area (Å²) in [5.74, 6) is -0.243. The molecular weight excluding hydrogens is 247 g/mol. The molecule has 7 heteroatoms. The molecule has 0 aliphatic rings. The lowest BCUT2D eigenvalue weighted by atomic mass is 10.2. The highest BCUT2D eigenvalue weighted by atomic mass is 19.4. The number of nitrogens with one attached hydrogen (secondary N) is 1. The smallest absolute Gasteiger partial charge is 0.373 e. The molecule has 18 heavy (non-hydrogen) atoms. The summed E-state index contributed by atoms with van der Waals surface area (Å²) in [5, 5.41) is 2.75. The number of hydrogen-bond donors (Lipinski definition) is 1. The Balaban J connectivity index is 2.93. The molecule has 0 spiro atoms. The van der Waals surface area contributed by atoms with Crippen LogP contribution in [0.4, 0.5) is 19.0 Å². The number of rotatable bonds is 3. The van der Waals surface area contributed by atoms with Crippen molar-refractivity contribution in [1.82, 2.24) is 9.88 Å². The van der Waals surface area contributed by atoms with Gasteiger partial charge in [-0.2, -0.15) is 13.2 Å². The van der Waals surface area contributed by atoms with Crippen molar-refractivity contribution >= 4 is 11.7 Å². The monoisotopic (exact) mass is 261 g/mol. The predicted molar refractivity (Wildman–Crippen MR) is 61.5 cm³/mol. The van der Waals surface area contributed by atoms with Gasteiger partial charge in [0.05, 0.1) is 0 Å². The van der Waals surface area contributed by atoms with E-state index < -0.39 is 18.6 Å². The van der Waals surface area contributed by atoms with E-state index >= 15 is 0 Å². The summed E-state index contributed by atoms with van der Waals surface area (Å²) in [6.07, 6.45) is -4.40. The lowest BCUT2D eigenvalue weighted by molar-refractivity contribution is -0.138. The third-order valence-electron chi connectivity index (χ3n) is 2.22. The highest BCUT2D eigenvalue weighted by Gasteiger charge is 2.31. The highest BCUT2D eigenvalue weighted by molar-refractivity contribution is 5.94. The number of carbonyl (C=O) groups is 1. The van der Waals surface area contributed by atoms with Gasteiger partial charge in [-0.15, -0.1) is 0 Å². The zero-order chi connectivity index (χ0) is 13.9. The predicted octanol–water partition coefficient (Wildman–Crippen LogP) is 2.07. The maximum absolute atomic E-state index is 12.2. The molecule has 0 radical (unpaired) electrons. The molecule has 0 aliphatic carbocycles. The number of amides is 1. The molecule has 1 N–H and O–H groups in total. The normalized spacial score (nSPS) is 11.2. The topological polar surface area (TPSA) is 45.2 Å². The van der Waals surface area contributed by atoms with Gasteiger partial charge in [-0.3, -0.25) is 4.79 Å².